The summed E-state index contributed by atoms with van der Waals surface area (Å²) in [5.41, 5.74) is 1.04. The van der Waals surface area contributed by atoms with Gasteiger partial charge in [0.05, 0.1) is 24.4 Å². The van der Waals surface area contributed by atoms with Crippen molar-refractivity contribution in [1.29, 1.82) is 0 Å². The van der Waals surface area contributed by atoms with Gasteiger partial charge in [0.15, 0.2) is 0 Å². The van der Waals surface area contributed by atoms with Crippen molar-refractivity contribution in [2.75, 3.05) is 6.54 Å². The third-order valence-electron chi connectivity index (χ3n) is 4.16. The molecule has 1 fully saturated rings. The summed E-state index contributed by atoms with van der Waals surface area (Å²) in [5, 5.41) is 29.0. The number of nitrogens with zero attached hydrogens (tertiary/aromatic N) is 3. The second-order valence-electron chi connectivity index (χ2n) is 5.63. The number of carboxylic acids is 2. The highest BCUT2D eigenvalue weighted by molar-refractivity contribution is 5.76. The molecule has 3 N–H and O–H groups in total. The molecule has 9 heteroatoms. The molecule has 0 bridgehead atoms. The normalized spacial score (nSPS) is 23.3. The van der Waals surface area contributed by atoms with E-state index in [1.54, 1.807) is 12.1 Å². The standard InChI is InChI=1S/C15H15FN4O4/c16-9-3-1-2-8(4-9)11-7-18-19-20(11)12-6-17-14(15(23)24)10(12)5-13(21)22/h1-4,7,10,12,14,17H,5-6H2,(H,21,22)(H,23,24)/t10-,12-,14-/m0/s1. The van der Waals surface area contributed by atoms with Crippen molar-refractivity contribution < 1.29 is 24.2 Å². The van der Waals surface area contributed by atoms with Gasteiger partial charge in [-0.05, 0) is 12.1 Å². The van der Waals surface area contributed by atoms with Crippen LogP contribution in [0.3, 0.4) is 0 Å². The van der Waals surface area contributed by atoms with E-state index in [1.807, 2.05) is 0 Å². The van der Waals surface area contributed by atoms with E-state index in [2.05, 4.69) is 15.6 Å². The fourth-order valence-corrected chi connectivity index (χ4v) is 3.11. The van der Waals surface area contributed by atoms with Crippen LogP contribution in [0.15, 0.2) is 30.5 Å². The maximum absolute atomic E-state index is 13.5. The molecule has 126 valence electrons. The molecular weight excluding hydrogens is 319 g/mol. The van der Waals surface area contributed by atoms with Crippen LogP contribution in [0.1, 0.15) is 12.5 Å². The zero-order valence-corrected chi connectivity index (χ0v) is 12.5. The molecule has 24 heavy (non-hydrogen) atoms. The van der Waals surface area contributed by atoms with E-state index in [1.165, 1.54) is 23.0 Å². The second kappa shape index (κ2) is 6.36. The number of halogens is 1. The first-order chi connectivity index (χ1) is 11.5. The van der Waals surface area contributed by atoms with E-state index < -0.39 is 35.8 Å². The lowest BCUT2D eigenvalue weighted by Crippen LogP contribution is -2.37. The summed E-state index contributed by atoms with van der Waals surface area (Å²) < 4.78 is 14.9. The first kappa shape index (κ1) is 16.1. The van der Waals surface area contributed by atoms with Gasteiger partial charge in [0, 0.05) is 18.0 Å². The van der Waals surface area contributed by atoms with Crippen LogP contribution in [-0.2, 0) is 9.59 Å². The molecule has 0 spiro atoms. The van der Waals surface area contributed by atoms with Crippen molar-refractivity contribution in [1.82, 2.24) is 20.3 Å². The Hall–Kier alpha value is -2.81. The van der Waals surface area contributed by atoms with E-state index >= 15 is 0 Å². The summed E-state index contributed by atoms with van der Waals surface area (Å²) in [7, 11) is 0. The molecule has 1 aliphatic heterocycles. The lowest BCUT2D eigenvalue weighted by Gasteiger charge is -2.21. The molecule has 0 unspecified atom stereocenters. The monoisotopic (exact) mass is 334 g/mol. The predicted molar refractivity (Wildman–Crippen MR) is 79.6 cm³/mol. The molecule has 2 heterocycles. The Bertz CT molecular complexity index is 778. The summed E-state index contributed by atoms with van der Waals surface area (Å²) in [4.78, 5) is 22.5. The van der Waals surface area contributed by atoms with Gasteiger partial charge in [-0.2, -0.15) is 0 Å². The zero-order valence-electron chi connectivity index (χ0n) is 12.5. The molecule has 1 aliphatic rings. The Balaban J connectivity index is 1.98. The number of aliphatic carboxylic acids is 2. The Morgan fingerprint density at radius 3 is 2.83 bits per heavy atom. The van der Waals surface area contributed by atoms with E-state index in [9.17, 15) is 19.1 Å². The maximum atomic E-state index is 13.5. The van der Waals surface area contributed by atoms with Gasteiger partial charge in [-0.15, -0.1) is 5.10 Å². The number of nitrogens with one attached hydrogen (secondary N) is 1. The maximum Gasteiger partial charge on any atom is 0.321 e. The van der Waals surface area contributed by atoms with Crippen LogP contribution in [0.5, 0.6) is 0 Å². The largest absolute Gasteiger partial charge is 0.481 e. The number of hydrogen-bond acceptors (Lipinski definition) is 5. The fraction of sp³-hybridized carbons (Fsp3) is 0.333. The minimum atomic E-state index is -1.11. The molecule has 8 nitrogen and oxygen atoms in total. The van der Waals surface area contributed by atoms with Crippen molar-refractivity contribution in [2.45, 2.75) is 18.5 Å². The molecular formula is C15H15FN4O4. The van der Waals surface area contributed by atoms with Crippen molar-refractivity contribution in [3.8, 4) is 11.3 Å². The van der Waals surface area contributed by atoms with Gasteiger partial charge in [-0.25, -0.2) is 9.07 Å². The minimum Gasteiger partial charge on any atom is -0.481 e. The van der Waals surface area contributed by atoms with Crippen molar-refractivity contribution >= 4 is 11.9 Å². The van der Waals surface area contributed by atoms with Gasteiger partial charge in [0.25, 0.3) is 0 Å². The Labute approximate surface area is 135 Å². The van der Waals surface area contributed by atoms with E-state index in [4.69, 9.17) is 5.11 Å². The highest BCUT2D eigenvalue weighted by Gasteiger charge is 2.43. The summed E-state index contributed by atoms with van der Waals surface area (Å²) >= 11 is 0. The van der Waals surface area contributed by atoms with Gasteiger partial charge in [-0.1, -0.05) is 17.3 Å². The van der Waals surface area contributed by atoms with Gasteiger partial charge < -0.3 is 15.5 Å². The summed E-state index contributed by atoms with van der Waals surface area (Å²) in [6.45, 7) is 0.237. The number of benzene rings is 1. The fourth-order valence-electron chi connectivity index (χ4n) is 3.11. The average molecular weight is 334 g/mol. The van der Waals surface area contributed by atoms with Gasteiger partial charge in [0.1, 0.15) is 11.9 Å². The third-order valence-corrected chi connectivity index (χ3v) is 4.16. The molecule has 3 rings (SSSR count). The number of carbonyl (C=O) groups is 2. The molecule has 3 atom stereocenters. The SMILES string of the molecule is O=C(O)C[C@@H]1[C@@H](C(=O)O)NC[C@@H]1n1nncc1-c1cccc(F)c1. The molecule has 0 amide bonds. The predicted octanol–water partition coefficient (Wildman–Crippen LogP) is 0.773. The van der Waals surface area contributed by atoms with Crippen LogP contribution in [0.4, 0.5) is 4.39 Å². The lowest BCUT2D eigenvalue weighted by molar-refractivity contribution is -0.142. The summed E-state index contributed by atoms with van der Waals surface area (Å²) in [6, 6.07) is 4.35. The highest BCUT2D eigenvalue weighted by atomic mass is 19.1. The molecule has 1 aromatic heterocycles. The molecule has 0 radical (unpaired) electrons. The number of rotatable bonds is 5. The molecule has 0 aliphatic carbocycles. The topological polar surface area (TPSA) is 117 Å². The molecule has 0 saturated carbocycles. The van der Waals surface area contributed by atoms with Crippen LogP contribution in [0.2, 0.25) is 0 Å². The quantitative estimate of drug-likeness (QED) is 0.739. The van der Waals surface area contributed by atoms with Gasteiger partial charge in [0.2, 0.25) is 0 Å². The van der Waals surface area contributed by atoms with Gasteiger partial charge in [-0.3, -0.25) is 9.59 Å². The summed E-state index contributed by atoms with van der Waals surface area (Å²) in [6.07, 6.45) is 1.12. The Morgan fingerprint density at radius 2 is 2.17 bits per heavy atom. The van der Waals surface area contributed by atoms with E-state index in [0.717, 1.165) is 0 Å². The number of aromatic nitrogens is 3. The average Bonchev–Trinajstić information content (AvgIpc) is 3.12. The highest BCUT2D eigenvalue weighted by Crippen LogP contribution is 2.33. The smallest absolute Gasteiger partial charge is 0.321 e. The van der Waals surface area contributed by atoms with E-state index in [-0.39, 0.29) is 13.0 Å². The second-order valence-corrected chi connectivity index (χ2v) is 5.63. The van der Waals surface area contributed by atoms with Crippen LogP contribution in [0.25, 0.3) is 11.3 Å². The van der Waals surface area contributed by atoms with E-state index in [0.29, 0.717) is 11.3 Å². The third kappa shape index (κ3) is 2.98. The Morgan fingerprint density at radius 1 is 1.38 bits per heavy atom. The summed E-state index contributed by atoms with van der Waals surface area (Å²) in [5.74, 6) is -3.33. The zero-order chi connectivity index (χ0) is 17.3. The molecule has 1 saturated heterocycles. The van der Waals surface area contributed by atoms with Crippen LogP contribution >= 0.6 is 0 Å². The number of hydrogen-bond donors (Lipinski definition) is 3. The Kier molecular flexibility index (Phi) is 4.26. The lowest BCUT2D eigenvalue weighted by atomic mass is 9.92. The first-order valence-electron chi connectivity index (χ1n) is 7.31. The number of carboxylic acid groups (broad SMARTS) is 2. The van der Waals surface area contributed by atoms with Crippen LogP contribution < -0.4 is 5.32 Å². The van der Waals surface area contributed by atoms with Crippen LogP contribution in [-0.4, -0.2) is 49.7 Å². The van der Waals surface area contributed by atoms with Crippen molar-refractivity contribution in [3.63, 3.8) is 0 Å². The molecule has 2 aromatic rings. The van der Waals surface area contributed by atoms with Crippen LogP contribution in [0, 0.1) is 11.7 Å². The molecule has 1 aromatic carbocycles. The van der Waals surface area contributed by atoms with Gasteiger partial charge >= 0.3 is 11.9 Å². The van der Waals surface area contributed by atoms with Crippen molar-refractivity contribution in [2.24, 2.45) is 5.92 Å². The minimum absolute atomic E-state index is 0.237. The van der Waals surface area contributed by atoms with Crippen molar-refractivity contribution in [3.05, 3.63) is 36.3 Å². The first-order valence-corrected chi connectivity index (χ1v) is 7.31.